The first kappa shape index (κ1) is 28.6. The molecule has 7 aromatic carbocycles. The molecule has 2 heterocycles. The third-order valence-electron chi connectivity index (χ3n) is 12.3. The number of pyridine rings is 1. The third kappa shape index (κ3) is 8.97. The number of hydrogen-bond acceptors (Lipinski definition) is 3. The second-order valence-electron chi connectivity index (χ2n) is 17.1. The Morgan fingerprint density at radius 3 is 1.85 bits per heavy atom. The van der Waals surface area contributed by atoms with E-state index in [1.54, 1.807) is 30.5 Å². The summed E-state index contributed by atoms with van der Waals surface area (Å²) in [6.07, 6.45) is 2.40. The molecule has 0 amide bonds. The van der Waals surface area contributed by atoms with Crippen LogP contribution in [0.25, 0.3) is 83.9 Å². The fourth-order valence-corrected chi connectivity index (χ4v) is 8.29. The maximum Gasteiger partial charge on any atom is 0.148 e. The summed E-state index contributed by atoms with van der Waals surface area (Å²) in [7, 11) is 0. The minimum atomic E-state index is -4.15. The first-order chi connectivity index (χ1) is 38.6. The van der Waals surface area contributed by atoms with Gasteiger partial charge in [-0.2, -0.15) is 0 Å². The van der Waals surface area contributed by atoms with Gasteiger partial charge in [0.2, 0.25) is 0 Å². The Morgan fingerprint density at radius 2 is 1.20 bits per heavy atom. The average Bonchev–Trinajstić information content (AvgIpc) is 0.843. The zero-order chi connectivity index (χ0) is 60.7. The topological polar surface area (TPSA) is 50.9 Å². The molecule has 0 bridgehead atoms. The van der Waals surface area contributed by atoms with Gasteiger partial charge in [-0.05, 0) is 86.4 Å². The molecule has 0 saturated carbocycles. The van der Waals surface area contributed by atoms with Crippen LogP contribution in [0.4, 0.5) is 0 Å². The first-order valence-corrected chi connectivity index (χ1v) is 21.4. The summed E-state index contributed by atoms with van der Waals surface area (Å²) in [5, 5.41) is 13.1. The summed E-state index contributed by atoms with van der Waals surface area (Å²) >= 11 is 0. The molecule has 0 aliphatic carbocycles. The van der Waals surface area contributed by atoms with Crippen molar-refractivity contribution in [2.45, 2.75) is 84.5 Å². The molecule has 9 rings (SSSR count). The molecule has 0 saturated heterocycles. The molecular formula is C61H58N3OPt-. The zero-order valence-electron chi connectivity index (χ0n) is 54.5. The predicted molar refractivity (Wildman–Crippen MR) is 273 cm³/mol. The van der Waals surface area contributed by atoms with Crippen LogP contribution in [-0.4, -0.2) is 19.6 Å². The van der Waals surface area contributed by atoms with Crippen LogP contribution in [0.3, 0.4) is 0 Å². The number of aromatic nitrogens is 3. The van der Waals surface area contributed by atoms with Gasteiger partial charge < -0.3 is 5.11 Å². The molecular weight excluding hydrogens is 986 g/mol. The number of benzene rings is 7. The Kier molecular flexibility index (Phi) is 7.87. The van der Waals surface area contributed by atoms with E-state index in [0.717, 1.165) is 33.9 Å². The Hall–Kier alpha value is -6.35. The molecule has 0 aliphatic heterocycles. The Morgan fingerprint density at radius 1 is 0.576 bits per heavy atom. The van der Waals surface area contributed by atoms with Crippen LogP contribution >= 0.6 is 0 Å². The van der Waals surface area contributed by atoms with Crippen molar-refractivity contribution in [2.75, 3.05) is 0 Å². The van der Waals surface area contributed by atoms with E-state index in [1.165, 1.54) is 4.57 Å². The maximum atomic E-state index is 13.1. The number of nitrogens with zero attached hydrogens (tertiary/aromatic N) is 3. The van der Waals surface area contributed by atoms with Gasteiger partial charge >= 0.3 is 0 Å². The summed E-state index contributed by atoms with van der Waals surface area (Å²) in [6.45, 7) is -18.4. The van der Waals surface area contributed by atoms with Crippen LogP contribution in [0.2, 0.25) is 0 Å². The smallest absolute Gasteiger partial charge is 0.148 e. The van der Waals surface area contributed by atoms with Gasteiger partial charge in [0.1, 0.15) is 11.6 Å². The second-order valence-corrected chi connectivity index (χ2v) is 17.1. The van der Waals surface area contributed by atoms with Crippen LogP contribution < -0.4 is 0 Å². The van der Waals surface area contributed by atoms with Gasteiger partial charge in [-0.25, -0.2) is 4.98 Å². The summed E-state index contributed by atoms with van der Waals surface area (Å²) < 4.78 is 160. The van der Waals surface area contributed by atoms with Gasteiger partial charge in [-0.15, -0.1) is 23.8 Å². The normalized spacial score (nSPS) is 17.2. The van der Waals surface area contributed by atoms with Crippen molar-refractivity contribution >= 4 is 11.0 Å². The van der Waals surface area contributed by atoms with E-state index in [1.807, 2.05) is 134 Å². The molecule has 4 nitrogen and oxygen atoms in total. The van der Waals surface area contributed by atoms with E-state index in [4.69, 9.17) is 34.6 Å². The number of para-hydroxylation sites is 1. The van der Waals surface area contributed by atoms with Crippen molar-refractivity contribution in [3.05, 3.63) is 193 Å². The summed E-state index contributed by atoms with van der Waals surface area (Å²) in [5.74, 6) is -1.78. The van der Waals surface area contributed by atoms with Gasteiger partial charge in [-0.3, -0.25) is 9.55 Å². The van der Waals surface area contributed by atoms with Crippen LogP contribution in [0, 0.1) is 6.07 Å². The van der Waals surface area contributed by atoms with Crippen LogP contribution in [0.5, 0.6) is 5.75 Å². The molecule has 5 heteroatoms. The van der Waals surface area contributed by atoms with Gasteiger partial charge in [0, 0.05) is 68.8 Å². The summed E-state index contributed by atoms with van der Waals surface area (Å²) in [5.41, 5.74) is -3.88. The number of phenolic OH excluding ortho intramolecular Hbond substituents is 1. The van der Waals surface area contributed by atoms with Gasteiger partial charge in [0.05, 0.1) is 22.3 Å². The Labute approximate surface area is 431 Å². The van der Waals surface area contributed by atoms with Crippen molar-refractivity contribution in [2.24, 2.45) is 0 Å². The van der Waals surface area contributed by atoms with E-state index in [9.17, 15) is 5.11 Å². The number of rotatable bonds is 9. The summed E-state index contributed by atoms with van der Waals surface area (Å²) in [6, 6.07) is 51.4. The van der Waals surface area contributed by atoms with Gasteiger partial charge in [0.25, 0.3) is 0 Å². The predicted octanol–water partition coefficient (Wildman–Crippen LogP) is 16.2. The van der Waals surface area contributed by atoms with Crippen molar-refractivity contribution in [3.8, 4) is 78.6 Å². The zero-order valence-corrected chi connectivity index (χ0v) is 38.8. The minimum absolute atomic E-state index is 0. The molecule has 66 heavy (non-hydrogen) atoms. The minimum Gasteiger partial charge on any atom is -0.507 e. The SMILES string of the molecule is [2H]C([2H])([2H])C(c1cc(-c2nc3c(-c4[c-]c(-c5cc(-c6ccccc6)ccn5)cc(-c5ccccc5)c4)cccc3n2-c2ccc(C(C)(C)CC)cc2-c2ccccc2)c(O)c(C(C([2H])([2H])[2H])(C([2H])([2H])[2H])C([2H])([2H])[2H])c1)(C([2H])([2H])[2H])C([2H])([2H])[2H].[Pt]. The average molecular weight is 1060 g/mol. The van der Waals surface area contributed by atoms with Crippen molar-refractivity contribution < 1.29 is 50.8 Å². The monoisotopic (exact) mass is 1060 g/mol. The van der Waals surface area contributed by atoms with Crippen LogP contribution in [0.15, 0.2) is 170 Å². The summed E-state index contributed by atoms with van der Waals surface area (Å²) in [4.78, 5) is 10.0. The Balaban J connectivity index is 0.00000920. The fourth-order valence-electron chi connectivity index (χ4n) is 8.29. The van der Waals surface area contributed by atoms with Gasteiger partial charge in [0.15, 0.2) is 0 Å². The Bertz CT molecular complexity index is 3790. The number of hydrogen-bond donors (Lipinski definition) is 1. The van der Waals surface area contributed by atoms with Crippen molar-refractivity contribution in [1.29, 1.82) is 0 Å². The van der Waals surface area contributed by atoms with Gasteiger partial charge in [-0.1, -0.05) is 200 Å². The fraction of sp³-hybridized carbons (Fsp3) is 0.213. The van der Waals surface area contributed by atoms with E-state index in [0.29, 0.717) is 51.7 Å². The number of aromatic hydroxyl groups is 1. The van der Waals surface area contributed by atoms with E-state index in [-0.39, 0.29) is 32.1 Å². The molecule has 0 fully saturated rings. The van der Waals surface area contributed by atoms with E-state index >= 15 is 0 Å². The quantitative estimate of drug-likeness (QED) is 0.147. The number of fused-ring (bicyclic) bond motifs is 1. The maximum absolute atomic E-state index is 13.1. The van der Waals surface area contributed by atoms with Crippen molar-refractivity contribution in [1.82, 2.24) is 14.5 Å². The molecule has 9 aromatic rings. The van der Waals surface area contributed by atoms with E-state index < -0.39 is 85.6 Å². The second kappa shape index (κ2) is 18.1. The van der Waals surface area contributed by atoms with Crippen LogP contribution in [-0.2, 0) is 37.3 Å². The molecule has 0 unspecified atom stereocenters. The largest absolute Gasteiger partial charge is 0.507 e. The van der Waals surface area contributed by atoms with E-state index in [2.05, 4.69) is 19.9 Å². The van der Waals surface area contributed by atoms with Crippen LogP contribution in [0.1, 0.15) is 110 Å². The molecule has 0 atom stereocenters. The molecule has 0 radical (unpaired) electrons. The standard InChI is InChI=1S/C61H58N3O.Pt/c1-10-61(8,9)47-29-30-54(50(37-47)42-25-18-13-19-26-42)64-55-28-20-27-49(56(55)63-58(64)51-38-48(59(2,3)4)39-52(57(51)65)60(5,6)7)45-33-44(41-23-16-12-17-24-41)34-46(35-45)53-36-43(31-32-62-53)40-21-14-11-15-22-40;/h11-34,36-39,65H,10H2,1-9H3;/q-1;/i2D3,3D3,4D3,5D3,6D3,7D3;. The molecule has 1 N–H and O–H groups in total. The molecule has 334 valence electrons. The molecule has 0 aliphatic rings. The van der Waals surface area contributed by atoms with Crippen molar-refractivity contribution in [3.63, 3.8) is 0 Å². The molecule has 2 aromatic heterocycles. The first-order valence-electron chi connectivity index (χ1n) is 30.4. The molecule has 0 spiro atoms. The number of imidazole rings is 1. The number of phenols is 1. The third-order valence-corrected chi connectivity index (χ3v) is 12.3.